The fraction of sp³-hybridized carbons (Fsp3) is 0.611. The second-order valence-corrected chi connectivity index (χ2v) is 7.47. The number of piperidine rings is 1. The largest absolute Gasteiger partial charge is 0.334 e. The standard InChI is InChI=1S/C18H26N2OS/c1-22-11-5-10-19-13-16-8-9-17(14-19)20(18(16)21)12-15-6-3-2-4-7-15/h2-4,6-7,16-17H,5,8-14H2,1H3/t16-,17+/m0/s1. The van der Waals surface area contributed by atoms with Crippen LogP contribution in [0.2, 0.25) is 0 Å². The highest BCUT2D eigenvalue weighted by molar-refractivity contribution is 7.98. The summed E-state index contributed by atoms with van der Waals surface area (Å²) in [5.41, 5.74) is 1.25. The van der Waals surface area contributed by atoms with Crippen LogP contribution in [0, 0.1) is 5.92 Å². The Balaban J connectivity index is 1.67. The number of fused-ring (bicyclic) bond motifs is 4. The van der Waals surface area contributed by atoms with Gasteiger partial charge in [0.25, 0.3) is 0 Å². The molecular weight excluding hydrogens is 292 g/mol. The molecule has 0 N–H and O–H groups in total. The maximum absolute atomic E-state index is 12.8. The molecule has 22 heavy (non-hydrogen) atoms. The Morgan fingerprint density at radius 2 is 2.00 bits per heavy atom. The highest BCUT2D eigenvalue weighted by Gasteiger charge is 2.40. The van der Waals surface area contributed by atoms with Gasteiger partial charge in [0.2, 0.25) is 5.91 Å². The van der Waals surface area contributed by atoms with Crippen LogP contribution in [-0.2, 0) is 11.3 Å². The van der Waals surface area contributed by atoms with Crippen molar-refractivity contribution in [2.24, 2.45) is 5.92 Å². The van der Waals surface area contributed by atoms with Gasteiger partial charge in [0, 0.05) is 25.7 Å². The van der Waals surface area contributed by atoms with Crippen molar-refractivity contribution in [1.29, 1.82) is 0 Å². The van der Waals surface area contributed by atoms with Gasteiger partial charge in [0.15, 0.2) is 0 Å². The topological polar surface area (TPSA) is 23.6 Å². The zero-order chi connectivity index (χ0) is 15.4. The molecule has 1 aromatic rings. The highest BCUT2D eigenvalue weighted by Crippen LogP contribution is 2.30. The second kappa shape index (κ2) is 7.51. The molecule has 3 heterocycles. The third kappa shape index (κ3) is 3.66. The van der Waals surface area contributed by atoms with Crippen LogP contribution < -0.4 is 0 Å². The number of carbonyl (C=O) groups excluding carboxylic acids is 1. The first-order valence-electron chi connectivity index (χ1n) is 8.33. The lowest BCUT2D eigenvalue weighted by Crippen LogP contribution is -2.47. The number of hydrogen-bond donors (Lipinski definition) is 0. The molecular formula is C18H26N2OS. The molecule has 0 aliphatic carbocycles. The molecule has 4 heteroatoms. The van der Waals surface area contributed by atoms with Crippen molar-refractivity contribution in [3.8, 4) is 0 Å². The second-order valence-electron chi connectivity index (χ2n) is 6.49. The lowest BCUT2D eigenvalue weighted by Gasteiger charge is -2.36. The van der Waals surface area contributed by atoms with Crippen LogP contribution in [0.5, 0.6) is 0 Å². The van der Waals surface area contributed by atoms with Crippen molar-refractivity contribution >= 4 is 17.7 Å². The SMILES string of the molecule is CSCCCN1C[C@@H]2CC[C@H](C1)N(Cc1ccccc1)C2=O. The zero-order valence-electron chi connectivity index (χ0n) is 13.4. The summed E-state index contributed by atoms with van der Waals surface area (Å²) < 4.78 is 0. The lowest BCUT2D eigenvalue weighted by molar-refractivity contribution is -0.140. The summed E-state index contributed by atoms with van der Waals surface area (Å²) in [6.45, 7) is 3.94. The first-order chi connectivity index (χ1) is 10.8. The number of thioether (sulfide) groups is 1. The van der Waals surface area contributed by atoms with E-state index in [0.717, 1.165) is 32.6 Å². The molecule has 0 aromatic heterocycles. The fourth-order valence-electron chi connectivity index (χ4n) is 3.73. The lowest BCUT2D eigenvalue weighted by atomic mass is 9.93. The van der Waals surface area contributed by atoms with E-state index in [1.54, 1.807) is 0 Å². The monoisotopic (exact) mass is 318 g/mol. The van der Waals surface area contributed by atoms with Crippen molar-refractivity contribution in [1.82, 2.24) is 9.80 Å². The van der Waals surface area contributed by atoms with Gasteiger partial charge in [-0.05, 0) is 43.4 Å². The van der Waals surface area contributed by atoms with Crippen molar-refractivity contribution in [3.05, 3.63) is 35.9 Å². The summed E-state index contributed by atoms with van der Waals surface area (Å²) in [6.07, 6.45) is 5.64. The average molecular weight is 318 g/mol. The van der Waals surface area contributed by atoms with Crippen LogP contribution >= 0.6 is 11.8 Å². The minimum Gasteiger partial charge on any atom is -0.334 e. The number of rotatable bonds is 6. The van der Waals surface area contributed by atoms with E-state index in [-0.39, 0.29) is 5.92 Å². The maximum Gasteiger partial charge on any atom is 0.227 e. The molecule has 120 valence electrons. The van der Waals surface area contributed by atoms with E-state index in [2.05, 4.69) is 40.3 Å². The summed E-state index contributed by atoms with van der Waals surface area (Å²) in [5, 5.41) is 0. The maximum atomic E-state index is 12.8. The third-order valence-corrected chi connectivity index (χ3v) is 5.58. The number of benzene rings is 1. The van der Waals surface area contributed by atoms with Crippen LogP contribution in [0.1, 0.15) is 24.8 Å². The smallest absolute Gasteiger partial charge is 0.227 e. The van der Waals surface area contributed by atoms with Crippen molar-refractivity contribution in [2.75, 3.05) is 31.6 Å². The average Bonchev–Trinajstić information content (AvgIpc) is 2.81. The highest BCUT2D eigenvalue weighted by atomic mass is 32.2. The van der Waals surface area contributed by atoms with Gasteiger partial charge in [0.05, 0.1) is 5.92 Å². The predicted octanol–water partition coefficient (Wildman–Crippen LogP) is 2.86. The summed E-state index contributed by atoms with van der Waals surface area (Å²) >= 11 is 1.91. The Morgan fingerprint density at radius 1 is 1.18 bits per heavy atom. The molecule has 1 aromatic carbocycles. The Morgan fingerprint density at radius 3 is 2.77 bits per heavy atom. The van der Waals surface area contributed by atoms with Gasteiger partial charge in [-0.25, -0.2) is 0 Å². The van der Waals surface area contributed by atoms with Crippen molar-refractivity contribution in [2.45, 2.75) is 31.8 Å². The zero-order valence-corrected chi connectivity index (χ0v) is 14.2. The molecule has 0 saturated carbocycles. The Bertz CT molecular complexity index is 493. The van der Waals surface area contributed by atoms with E-state index in [1.165, 1.54) is 24.2 Å². The van der Waals surface area contributed by atoms with Gasteiger partial charge in [0.1, 0.15) is 0 Å². The van der Waals surface area contributed by atoms with Gasteiger partial charge in [-0.15, -0.1) is 0 Å². The van der Waals surface area contributed by atoms with Gasteiger partial charge < -0.3 is 9.80 Å². The van der Waals surface area contributed by atoms with Crippen LogP contribution in [0.15, 0.2) is 30.3 Å². The van der Waals surface area contributed by atoms with Crippen LogP contribution in [0.4, 0.5) is 0 Å². The minimum absolute atomic E-state index is 0.219. The number of amides is 1. The molecule has 2 bridgehead atoms. The van der Waals surface area contributed by atoms with E-state index >= 15 is 0 Å². The molecule has 3 aliphatic heterocycles. The molecule has 0 spiro atoms. The number of carbonyl (C=O) groups is 1. The van der Waals surface area contributed by atoms with Gasteiger partial charge >= 0.3 is 0 Å². The van der Waals surface area contributed by atoms with Crippen LogP contribution in [-0.4, -0.2) is 53.4 Å². The molecule has 1 amide bonds. The Hall–Kier alpha value is -1.00. The summed E-state index contributed by atoms with van der Waals surface area (Å²) in [6, 6.07) is 10.8. The summed E-state index contributed by atoms with van der Waals surface area (Å²) in [4.78, 5) is 17.5. The first kappa shape index (κ1) is 15.9. The Kier molecular flexibility index (Phi) is 5.42. The van der Waals surface area contributed by atoms with Gasteiger partial charge in [-0.3, -0.25) is 4.79 Å². The van der Waals surface area contributed by atoms with Crippen molar-refractivity contribution in [3.63, 3.8) is 0 Å². The first-order valence-corrected chi connectivity index (χ1v) is 9.73. The van der Waals surface area contributed by atoms with Crippen LogP contribution in [0.3, 0.4) is 0 Å². The molecule has 3 saturated heterocycles. The molecule has 3 fully saturated rings. The molecule has 2 atom stereocenters. The molecule has 0 radical (unpaired) electrons. The quantitative estimate of drug-likeness (QED) is 0.754. The fourth-order valence-corrected chi connectivity index (χ4v) is 4.15. The number of nitrogens with zero attached hydrogens (tertiary/aromatic N) is 2. The molecule has 4 rings (SSSR count). The van der Waals surface area contributed by atoms with E-state index in [1.807, 2.05) is 17.8 Å². The van der Waals surface area contributed by atoms with E-state index in [0.29, 0.717) is 11.9 Å². The third-order valence-electron chi connectivity index (χ3n) is 4.89. The van der Waals surface area contributed by atoms with E-state index in [4.69, 9.17) is 0 Å². The summed E-state index contributed by atoms with van der Waals surface area (Å²) in [7, 11) is 0. The van der Waals surface area contributed by atoms with Gasteiger partial charge in [-0.1, -0.05) is 30.3 Å². The van der Waals surface area contributed by atoms with E-state index in [9.17, 15) is 4.79 Å². The molecule has 0 unspecified atom stereocenters. The molecule has 3 aliphatic rings. The van der Waals surface area contributed by atoms with Crippen LogP contribution in [0.25, 0.3) is 0 Å². The minimum atomic E-state index is 0.219. The van der Waals surface area contributed by atoms with Crippen molar-refractivity contribution < 1.29 is 4.79 Å². The van der Waals surface area contributed by atoms with E-state index < -0.39 is 0 Å². The molecule has 3 nitrogen and oxygen atoms in total. The normalized spacial score (nSPS) is 25.5. The Labute approximate surface area is 138 Å². The summed E-state index contributed by atoms with van der Waals surface area (Å²) in [5.74, 6) is 1.82. The number of hydrogen-bond acceptors (Lipinski definition) is 3. The predicted molar refractivity (Wildman–Crippen MR) is 92.9 cm³/mol. The van der Waals surface area contributed by atoms with Gasteiger partial charge in [-0.2, -0.15) is 11.8 Å².